The van der Waals surface area contributed by atoms with E-state index in [-0.39, 0.29) is 5.56 Å². The van der Waals surface area contributed by atoms with Gasteiger partial charge >= 0.3 is 7.12 Å². The molecule has 0 bridgehead atoms. The summed E-state index contributed by atoms with van der Waals surface area (Å²) in [6.07, 6.45) is 1.07. The topological polar surface area (TPSA) is 103 Å². The molecule has 1 aliphatic rings. The number of likely N-dealkylation sites (tertiary alicyclic amines) is 1. The minimum absolute atomic E-state index is 0.296. The largest absolute Gasteiger partial charge is 0.475 e. The van der Waals surface area contributed by atoms with Gasteiger partial charge < -0.3 is 20.3 Å². The molecule has 1 aromatic rings. The lowest BCUT2D eigenvalue weighted by atomic mass is 9.78. The molecule has 1 saturated heterocycles. The number of nitrogens with one attached hydrogen (secondary N) is 1. The van der Waals surface area contributed by atoms with E-state index in [1.807, 2.05) is 0 Å². The number of nitrogens with zero attached hydrogens (tertiary/aromatic N) is 2. The molecule has 0 spiro atoms. The number of aromatic nitrogens is 1. The SMILES string of the molecule is C[C@@H](NC(=O)c1cc(F)nc(F)c1)C(=O)N1CCC[C@H]1B(O)O. The van der Waals surface area contributed by atoms with Crippen LogP contribution in [0.1, 0.15) is 30.1 Å². The van der Waals surface area contributed by atoms with Gasteiger partial charge in [0.2, 0.25) is 17.8 Å². The molecule has 2 rings (SSSR count). The van der Waals surface area contributed by atoms with E-state index in [4.69, 9.17) is 0 Å². The number of carbonyl (C=O) groups is 2. The van der Waals surface area contributed by atoms with Gasteiger partial charge in [-0.2, -0.15) is 13.8 Å². The molecular weight excluding hydrogens is 311 g/mol. The van der Waals surface area contributed by atoms with Gasteiger partial charge in [0, 0.05) is 24.2 Å². The fourth-order valence-electron chi connectivity index (χ4n) is 2.56. The van der Waals surface area contributed by atoms with Crippen molar-refractivity contribution in [2.45, 2.75) is 31.7 Å². The number of rotatable bonds is 4. The highest BCUT2D eigenvalue weighted by atomic mass is 19.1. The molecule has 1 aromatic heterocycles. The monoisotopic (exact) mass is 327 g/mol. The van der Waals surface area contributed by atoms with Gasteiger partial charge in [0.15, 0.2) is 0 Å². The van der Waals surface area contributed by atoms with Crippen molar-refractivity contribution in [1.82, 2.24) is 15.2 Å². The molecular formula is C13H16BF2N3O4. The summed E-state index contributed by atoms with van der Waals surface area (Å²) in [7, 11) is -1.66. The summed E-state index contributed by atoms with van der Waals surface area (Å²) >= 11 is 0. The van der Waals surface area contributed by atoms with E-state index in [9.17, 15) is 28.4 Å². The lowest BCUT2D eigenvalue weighted by molar-refractivity contribution is -0.132. The Kier molecular flexibility index (Phi) is 5.27. The maximum absolute atomic E-state index is 13.0. The number of carbonyl (C=O) groups excluding carboxylic acids is 2. The van der Waals surface area contributed by atoms with Crippen LogP contribution < -0.4 is 5.32 Å². The molecule has 10 heteroatoms. The molecule has 2 atom stereocenters. The predicted octanol–water partition coefficient (Wildman–Crippen LogP) is -0.519. The van der Waals surface area contributed by atoms with Crippen LogP contribution in [0.15, 0.2) is 12.1 Å². The van der Waals surface area contributed by atoms with Crippen molar-refractivity contribution < 1.29 is 28.4 Å². The molecule has 3 N–H and O–H groups in total. The summed E-state index contributed by atoms with van der Waals surface area (Å²) in [5, 5.41) is 20.8. The summed E-state index contributed by atoms with van der Waals surface area (Å²) in [6.45, 7) is 1.76. The zero-order chi connectivity index (χ0) is 17.1. The van der Waals surface area contributed by atoms with Crippen LogP contribution in [0.4, 0.5) is 8.78 Å². The van der Waals surface area contributed by atoms with Gasteiger partial charge in [0.25, 0.3) is 5.91 Å². The molecule has 1 fully saturated rings. The third-order valence-electron chi connectivity index (χ3n) is 3.67. The van der Waals surface area contributed by atoms with Crippen molar-refractivity contribution in [2.75, 3.05) is 6.54 Å². The van der Waals surface area contributed by atoms with Gasteiger partial charge in [-0.05, 0) is 19.8 Å². The quantitative estimate of drug-likeness (QED) is 0.510. The molecule has 0 aliphatic carbocycles. The first-order chi connectivity index (χ1) is 10.8. The summed E-state index contributed by atoms with van der Waals surface area (Å²) in [4.78, 5) is 28.4. The van der Waals surface area contributed by atoms with Gasteiger partial charge in [-0.3, -0.25) is 9.59 Å². The Morgan fingerprint density at radius 1 is 1.39 bits per heavy atom. The molecule has 0 radical (unpaired) electrons. The van der Waals surface area contributed by atoms with Crippen LogP contribution >= 0.6 is 0 Å². The Morgan fingerprint density at radius 2 is 2.00 bits per heavy atom. The van der Waals surface area contributed by atoms with Gasteiger partial charge in [-0.15, -0.1) is 0 Å². The van der Waals surface area contributed by atoms with Gasteiger partial charge in [0.05, 0.1) is 5.94 Å². The molecule has 2 amide bonds. The third-order valence-corrected chi connectivity index (χ3v) is 3.67. The lowest BCUT2D eigenvalue weighted by Crippen LogP contribution is -2.52. The Morgan fingerprint density at radius 3 is 2.57 bits per heavy atom. The van der Waals surface area contributed by atoms with Crippen LogP contribution in [0.2, 0.25) is 0 Å². The van der Waals surface area contributed by atoms with Gasteiger partial charge in [-0.1, -0.05) is 0 Å². The standard InChI is InChI=1S/C13H16BF2N3O4/c1-7(13(21)19-4-2-3-9(19)14(22)23)17-12(20)8-5-10(15)18-11(16)6-8/h5-7,9,22-23H,2-4H2,1H3,(H,17,20)/t7-,9+/m1/s1. The maximum atomic E-state index is 13.0. The second-order valence-electron chi connectivity index (χ2n) is 5.35. The van der Waals surface area contributed by atoms with Gasteiger partial charge in [0.1, 0.15) is 6.04 Å². The minimum atomic E-state index is -1.66. The molecule has 0 saturated carbocycles. The minimum Gasteiger partial charge on any atom is -0.426 e. The lowest BCUT2D eigenvalue weighted by Gasteiger charge is -2.27. The van der Waals surface area contributed by atoms with E-state index in [0.717, 1.165) is 12.1 Å². The van der Waals surface area contributed by atoms with Crippen LogP contribution in [0.5, 0.6) is 0 Å². The Labute approximate surface area is 131 Å². The number of pyridine rings is 1. The van der Waals surface area contributed by atoms with E-state index in [0.29, 0.717) is 19.4 Å². The van der Waals surface area contributed by atoms with E-state index in [1.54, 1.807) is 0 Å². The van der Waals surface area contributed by atoms with E-state index < -0.39 is 42.8 Å². The summed E-state index contributed by atoms with van der Waals surface area (Å²) in [5.74, 6) is -4.33. The van der Waals surface area contributed by atoms with Crippen molar-refractivity contribution in [2.24, 2.45) is 0 Å². The zero-order valence-corrected chi connectivity index (χ0v) is 12.4. The Hall–Kier alpha value is -2.07. The first-order valence-electron chi connectivity index (χ1n) is 7.10. The van der Waals surface area contributed by atoms with Crippen LogP contribution in [0.25, 0.3) is 0 Å². The Balaban J connectivity index is 2.04. The van der Waals surface area contributed by atoms with Crippen molar-refractivity contribution in [3.8, 4) is 0 Å². The zero-order valence-electron chi connectivity index (χ0n) is 12.4. The van der Waals surface area contributed by atoms with Crippen LogP contribution in [0.3, 0.4) is 0 Å². The highest BCUT2D eigenvalue weighted by molar-refractivity contribution is 6.43. The fourth-order valence-corrected chi connectivity index (χ4v) is 2.56. The molecule has 1 aliphatic heterocycles. The Bertz CT molecular complexity index is 597. The van der Waals surface area contributed by atoms with Crippen molar-refractivity contribution in [3.63, 3.8) is 0 Å². The second-order valence-corrected chi connectivity index (χ2v) is 5.35. The third kappa shape index (κ3) is 4.02. The van der Waals surface area contributed by atoms with Crippen molar-refractivity contribution in [1.29, 1.82) is 0 Å². The highest BCUT2D eigenvalue weighted by Crippen LogP contribution is 2.19. The average molecular weight is 327 g/mol. The molecule has 23 heavy (non-hydrogen) atoms. The smallest absolute Gasteiger partial charge is 0.426 e. The first kappa shape index (κ1) is 17.3. The molecule has 124 valence electrons. The molecule has 0 unspecified atom stereocenters. The number of hydrogen-bond donors (Lipinski definition) is 3. The molecule has 7 nitrogen and oxygen atoms in total. The number of hydrogen-bond acceptors (Lipinski definition) is 5. The van der Waals surface area contributed by atoms with Crippen molar-refractivity contribution >= 4 is 18.9 Å². The average Bonchev–Trinajstić information content (AvgIpc) is 2.94. The summed E-state index contributed by atoms with van der Waals surface area (Å²) in [5.41, 5.74) is -0.296. The van der Waals surface area contributed by atoms with Crippen LogP contribution in [0, 0.1) is 11.9 Å². The predicted molar refractivity (Wildman–Crippen MR) is 76.0 cm³/mol. The van der Waals surface area contributed by atoms with E-state index in [1.165, 1.54) is 11.8 Å². The molecule has 0 aromatic carbocycles. The normalized spacial score (nSPS) is 18.7. The van der Waals surface area contributed by atoms with E-state index >= 15 is 0 Å². The summed E-state index contributed by atoms with van der Waals surface area (Å²) < 4.78 is 26.0. The second kappa shape index (κ2) is 7.01. The van der Waals surface area contributed by atoms with Crippen LogP contribution in [-0.4, -0.2) is 57.4 Å². The van der Waals surface area contributed by atoms with E-state index in [2.05, 4.69) is 10.3 Å². The van der Waals surface area contributed by atoms with Crippen LogP contribution in [-0.2, 0) is 4.79 Å². The maximum Gasteiger partial charge on any atom is 0.475 e. The molecule has 2 heterocycles. The highest BCUT2D eigenvalue weighted by Gasteiger charge is 2.38. The summed E-state index contributed by atoms with van der Waals surface area (Å²) in [6, 6.07) is 0.526. The van der Waals surface area contributed by atoms with Crippen molar-refractivity contribution in [3.05, 3.63) is 29.6 Å². The van der Waals surface area contributed by atoms with Gasteiger partial charge in [-0.25, -0.2) is 0 Å². The number of amides is 2. The number of halogens is 2. The fraction of sp³-hybridized carbons (Fsp3) is 0.462. The first-order valence-corrected chi connectivity index (χ1v) is 7.10.